The third-order valence-electron chi connectivity index (χ3n) is 4.56. The van der Waals surface area contributed by atoms with Crippen LogP contribution in [0.1, 0.15) is 40.5 Å². The lowest BCUT2D eigenvalue weighted by atomic mass is 10.2. The van der Waals surface area contributed by atoms with E-state index < -0.39 is 5.97 Å². The van der Waals surface area contributed by atoms with E-state index in [0.29, 0.717) is 21.5 Å². The Bertz CT molecular complexity index is 1080. The minimum atomic E-state index is -0.443. The zero-order valence-electron chi connectivity index (χ0n) is 18.5. The Balaban J connectivity index is 1.54. The molecule has 0 aliphatic heterocycles. The minimum Gasteiger partial charge on any atom is -0.486 e. The molecule has 3 rings (SSSR count). The molecule has 2 aromatic heterocycles. The predicted molar refractivity (Wildman–Crippen MR) is 126 cm³/mol. The van der Waals surface area contributed by atoms with Crippen LogP contribution in [0.3, 0.4) is 0 Å². The van der Waals surface area contributed by atoms with Gasteiger partial charge in [0.05, 0.1) is 17.9 Å². The van der Waals surface area contributed by atoms with Gasteiger partial charge in [-0.2, -0.15) is 0 Å². The minimum absolute atomic E-state index is 0.129. The number of nitrogens with zero attached hydrogens (tertiary/aromatic N) is 3. The number of rotatable bonds is 10. The lowest BCUT2D eigenvalue weighted by Gasteiger charge is -2.08. The molecular formula is C22H26N4O4S2. The fourth-order valence-electron chi connectivity index (χ4n) is 2.83. The molecular weight excluding hydrogens is 448 g/mol. The Kier molecular flexibility index (Phi) is 8.29. The van der Waals surface area contributed by atoms with Crippen LogP contribution in [0.2, 0.25) is 0 Å². The molecule has 10 heteroatoms. The largest absolute Gasteiger partial charge is 0.486 e. The number of ether oxygens (including phenoxy) is 2. The van der Waals surface area contributed by atoms with E-state index in [1.54, 1.807) is 17.6 Å². The fourth-order valence-corrected chi connectivity index (χ4v) is 4.47. The van der Waals surface area contributed by atoms with E-state index in [-0.39, 0.29) is 24.9 Å². The Labute approximate surface area is 195 Å². The number of thioether (sulfide) groups is 1. The lowest BCUT2D eigenvalue weighted by molar-refractivity contribution is -0.113. The van der Waals surface area contributed by atoms with Gasteiger partial charge in [0.25, 0.3) is 0 Å². The van der Waals surface area contributed by atoms with Crippen LogP contribution in [0.25, 0.3) is 0 Å². The van der Waals surface area contributed by atoms with Gasteiger partial charge in [-0.1, -0.05) is 30.8 Å². The Morgan fingerprint density at radius 2 is 1.94 bits per heavy atom. The van der Waals surface area contributed by atoms with Gasteiger partial charge in [0.1, 0.15) is 17.4 Å². The third-order valence-corrected chi connectivity index (χ3v) is 6.55. The predicted octanol–water partition coefficient (Wildman–Crippen LogP) is 4.23. The second-order valence-electron chi connectivity index (χ2n) is 6.90. The monoisotopic (exact) mass is 474 g/mol. The van der Waals surface area contributed by atoms with Crippen LogP contribution >= 0.6 is 23.1 Å². The summed E-state index contributed by atoms with van der Waals surface area (Å²) >= 11 is 2.60. The van der Waals surface area contributed by atoms with E-state index >= 15 is 0 Å². The Hall–Kier alpha value is -2.85. The second-order valence-corrected chi connectivity index (χ2v) is 9.10. The van der Waals surface area contributed by atoms with E-state index in [0.717, 1.165) is 17.0 Å². The highest BCUT2D eigenvalue weighted by atomic mass is 32.2. The van der Waals surface area contributed by atoms with Crippen LogP contribution in [0.15, 0.2) is 35.5 Å². The molecule has 3 aromatic rings. The van der Waals surface area contributed by atoms with Crippen molar-refractivity contribution in [3.8, 4) is 5.75 Å². The smallest absolute Gasteiger partial charge is 0.341 e. The number of nitrogens with one attached hydrogen (secondary N) is 1. The highest BCUT2D eigenvalue weighted by Crippen LogP contribution is 2.29. The standard InChI is InChI=1S/C22H26N4O4S2/c1-5-15-7-9-16(10-8-15)30-12-18-24-25-22(26(18)4)31-13-19(27)23-20-17(11-14(3)32-20)21(28)29-6-2/h7-11H,5-6,12-13H2,1-4H3,(H,23,27). The zero-order chi connectivity index (χ0) is 23.1. The van der Waals surface area contributed by atoms with E-state index in [9.17, 15) is 9.59 Å². The van der Waals surface area contributed by atoms with Crippen LogP contribution in [-0.2, 0) is 29.6 Å². The van der Waals surface area contributed by atoms with Crippen molar-refractivity contribution in [1.82, 2.24) is 14.8 Å². The van der Waals surface area contributed by atoms with Gasteiger partial charge >= 0.3 is 5.97 Å². The van der Waals surface area contributed by atoms with Crippen LogP contribution in [0.5, 0.6) is 5.75 Å². The molecule has 0 saturated carbocycles. The van der Waals surface area contributed by atoms with Crippen molar-refractivity contribution in [1.29, 1.82) is 0 Å². The summed E-state index contributed by atoms with van der Waals surface area (Å²) in [6.07, 6.45) is 0.980. The second kappa shape index (κ2) is 11.1. The molecule has 0 atom stereocenters. The van der Waals surface area contributed by atoms with Gasteiger partial charge in [-0.05, 0) is 44.0 Å². The van der Waals surface area contributed by atoms with Crippen molar-refractivity contribution in [3.05, 3.63) is 52.2 Å². The summed E-state index contributed by atoms with van der Waals surface area (Å²) in [5.41, 5.74) is 1.62. The molecule has 1 aromatic carbocycles. The first-order chi connectivity index (χ1) is 15.4. The Morgan fingerprint density at radius 1 is 1.19 bits per heavy atom. The Morgan fingerprint density at radius 3 is 2.62 bits per heavy atom. The molecule has 1 amide bonds. The molecule has 170 valence electrons. The maximum Gasteiger partial charge on any atom is 0.341 e. The quantitative estimate of drug-likeness (QED) is 0.347. The lowest BCUT2D eigenvalue weighted by Crippen LogP contribution is -2.16. The molecule has 0 unspecified atom stereocenters. The number of esters is 1. The summed E-state index contributed by atoms with van der Waals surface area (Å²) in [7, 11) is 1.83. The summed E-state index contributed by atoms with van der Waals surface area (Å²) in [4.78, 5) is 25.4. The first-order valence-corrected chi connectivity index (χ1v) is 12.0. The highest BCUT2D eigenvalue weighted by molar-refractivity contribution is 7.99. The molecule has 0 fully saturated rings. The van der Waals surface area contributed by atoms with Gasteiger partial charge in [-0.25, -0.2) is 4.79 Å². The number of thiophene rings is 1. The van der Waals surface area contributed by atoms with Gasteiger partial charge in [-0.15, -0.1) is 21.5 Å². The first-order valence-electron chi connectivity index (χ1n) is 10.2. The number of benzene rings is 1. The summed E-state index contributed by atoms with van der Waals surface area (Å²) in [5, 5.41) is 12.2. The van der Waals surface area contributed by atoms with E-state index in [2.05, 4.69) is 22.4 Å². The van der Waals surface area contributed by atoms with Gasteiger partial charge in [-0.3, -0.25) is 4.79 Å². The van der Waals surface area contributed by atoms with E-state index in [4.69, 9.17) is 9.47 Å². The summed E-state index contributed by atoms with van der Waals surface area (Å²) in [5.74, 6) is 0.875. The van der Waals surface area contributed by atoms with E-state index in [1.807, 2.05) is 38.2 Å². The first kappa shape index (κ1) is 23.8. The molecule has 32 heavy (non-hydrogen) atoms. The summed E-state index contributed by atoms with van der Waals surface area (Å²) < 4.78 is 12.7. The number of carbonyl (C=O) groups excluding carboxylic acids is 2. The summed E-state index contributed by atoms with van der Waals surface area (Å²) in [6.45, 7) is 6.28. The van der Waals surface area contributed by atoms with Gasteiger partial charge in [0, 0.05) is 11.9 Å². The van der Waals surface area contributed by atoms with Crippen molar-refractivity contribution in [2.75, 3.05) is 17.7 Å². The molecule has 0 spiro atoms. The molecule has 2 heterocycles. The van der Waals surface area contributed by atoms with Crippen LogP contribution in [0.4, 0.5) is 5.00 Å². The fraction of sp³-hybridized carbons (Fsp3) is 0.364. The third kappa shape index (κ3) is 6.10. The average Bonchev–Trinajstić information content (AvgIpc) is 3.33. The van der Waals surface area contributed by atoms with Crippen molar-refractivity contribution in [2.24, 2.45) is 7.05 Å². The van der Waals surface area contributed by atoms with Gasteiger partial charge in [0.15, 0.2) is 11.0 Å². The number of hydrogen-bond donors (Lipinski definition) is 1. The molecule has 0 aliphatic carbocycles. The summed E-state index contributed by atoms with van der Waals surface area (Å²) in [6, 6.07) is 9.66. The van der Waals surface area contributed by atoms with Crippen LogP contribution < -0.4 is 10.1 Å². The maximum atomic E-state index is 12.4. The van der Waals surface area contributed by atoms with Gasteiger partial charge < -0.3 is 19.4 Å². The molecule has 1 N–H and O–H groups in total. The van der Waals surface area contributed by atoms with Crippen molar-refractivity contribution in [2.45, 2.75) is 39.0 Å². The normalized spacial score (nSPS) is 10.8. The van der Waals surface area contributed by atoms with Crippen LogP contribution in [0, 0.1) is 6.92 Å². The molecule has 0 aliphatic rings. The molecule has 0 bridgehead atoms. The van der Waals surface area contributed by atoms with Crippen molar-refractivity contribution < 1.29 is 19.1 Å². The average molecular weight is 475 g/mol. The number of hydrogen-bond acceptors (Lipinski definition) is 8. The van der Waals surface area contributed by atoms with E-state index in [1.165, 1.54) is 28.7 Å². The van der Waals surface area contributed by atoms with Crippen molar-refractivity contribution in [3.63, 3.8) is 0 Å². The maximum absolute atomic E-state index is 12.4. The molecule has 8 nitrogen and oxygen atoms in total. The number of aromatic nitrogens is 3. The number of aryl methyl sites for hydroxylation is 2. The SMILES string of the molecule is CCOC(=O)c1cc(C)sc1NC(=O)CSc1nnc(COc2ccc(CC)cc2)n1C. The van der Waals surface area contributed by atoms with Crippen LogP contribution in [-0.4, -0.2) is 39.0 Å². The number of anilines is 1. The highest BCUT2D eigenvalue weighted by Gasteiger charge is 2.19. The number of amides is 1. The number of carbonyl (C=O) groups is 2. The topological polar surface area (TPSA) is 95.3 Å². The van der Waals surface area contributed by atoms with Crippen molar-refractivity contribution >= 4 is 40.0 Å². The molecule has 0 radical (unpaired) electrons. The molecule has 0 saturated heterocycles. The zero-order valence-corrected chi connectivity index (χ0v) is 20.1. The van der Waals surface area contributed by atoms with Gasteiger partial charge in [0.2, 0.25) is 5.91 Å².